The van der Waals surface area contributed by atoms with Crippen LogP contribution in [0.1, 0.15) is 11.3 Å². The van der Waals surface area contributed by atoms with E-state index in [-0.39, 0.29) is 0 Å². The standard InChI is InChI=1S/C22H19N3O/c1-26-18-13-11-17(12-14-18)23-22-20-10-6-5-9-19(20)21(24-25-22)15-16-7-3-2-4-8-16/h2-14H,15H2,1H3,(H,23,25). The summed E-state index contributed by atoms with van der Waals surface area (Å²) >= 11 is 0. The summed E-state index contributed by atoms with van der Waals surface area (Å²) in [5, 5.41) is 14.5. The topological polar surface area (TPSA) is 47.0 Å². The smallest absolute Gasteiger partial charge is 0.160 e. The van der Waals surface area contributed by atoms with E-state index in [2.05, 4.69) is 39.8 Å². The summed E-state index contributed by atoms with van der Waals surface area (Å²) < 4.78 is 5.21. The normalized spacial score (nSPS) is 10.7. The van der Waals surface area contributed by atoms with E-state index >= 15 is 0 Å². The highest BCUT2D eigenvalue weighted by atomic mass is 16.5. The maximum atomic E-state index is 5.21. The monoisotopic (exact) mass is 341 g/mol. The van der Waals surface area contributed by atoms with Crippen LogP contribution in [0.3, 0.4) is 0 Å². The Balaban J connectivity index is 1.69. The maximum absolute atomic E-state index is 5.21. The van der Waals surface area contributed by atoms with E-state index in [0.29, 0.717) is 0 Å². The van der Waals surface area contributed by atoms with Crippen LogP contribution in [0.5, 0.6) is 5.75 Å². The highest BCUT2D eigenvalue weighted by Gasteiger charge is 2.10. The number of nitrogens with zero attached hydrogens (tertiary/aromatic N) is 2. The first-order valence-electron chi connectivity index (χ1n) is 8.53. The molecule has 0 amide bonds. The maximum Gasteiger partial charge on any atom is 0.160 e. The summed E-state index contributed by atoms with van der Waals surface area (Å²) in [6, 6.07) is 26.3. The summed E-state index contributed by atoms with van der Waals surface area (Å²) in [5.74, 6) is 1.58. The average molecular weight is 341 g/mol. The first kappa shape index (κ1) is 16.1. The van der Waals surface area contributed by atoms with E-state index in [1.54, 1.807) is 7.11 Å². The Bertz CT molecular complexity index is 1010. The van der Waals surface area contributed by atoms with Gasteiger partial charge in [-0.3, -0.25) is 0 Å². The Kier molecular flexibility index (Phi) is 4.48. The molecule has 0 saturated carbocycles. The van der Waals surface area contributed by atoms with Crippen molar-refractivity contribution in [2.45, 2.75) is 6.42 Å². The van der Waals surface area contributed by atoms with Gasteiger partial charge >= 0.3 is 0 Å². The Morgan fingerprint density at radius 3 is 2.19 bits per heavy atom. The van der Waals surface area contributed by atoms with Gasteiger partial charge in [0.15, 0.2) is 5.82 Å². The van der Waals surface area contributed by atoms with E-state index in [1.165, 1.54) is 5.56 Å². The van der Waals surface area contributed by atoms with Crippen LogP contribution in [-0.4, -0.2) is 17.3 Å². The van der Waals surface area contributed by atoms with Crippen LogP contribution in [-0.2, 0) is 6.42 Å². The van der Waals surface area contributed by atoms with Gasteiger partial charge in [0.05, 0.1) is 12.8 Å². The van der Waals surface area contributed by atoms with Crippen molar-refractivity contribution in [1.82, 2.24) is 10.2 Å². The van der Waals surface area contributed by atoms with Crippen LogP contribution in [0, 0.1) is 0 Å². The van der Waals surface area contributed by atoms with Gasteiger partial charge < -0.3 is 10.1 Å². The molecule has 0 spiro atoms. The van der Waals surface area contributed by atoms with E-state index in [0.717, 1.165) is 40.1 Å². The number of benzene rings is 3. The second-order valence-electron chi connectivity index (χ2n) is 6.06. The average Bonchev–Trinajstić information content (AvgIpc) is 2.71. The SMILES string of the molecule is COc1ccc(Nc2nnc(Cc3ccccc3)c3ccccc23)cc1. The number of rotatable bonds is 5. The Hall–Kier alpha value is -3.40. The van der Waals surface area contributed by atoms with Crippen LogP contribution in [0.15, 0.2) is 78.9 Å². The summed E-state index contributed by atoms with van der Waals surface area (Å²) in [6.07, 6.45) is 0.761. The van der Waals surface area contributed by atoms with Crippen LogP contribution in [0.25, 0.3) is 10.8 Å². The molecule has 0 saturated heterocycles. The minimum absolute atomic E-state index is 0.752. The van der Waals surface area contributed by atoms with Gasteiger partial charge in [0.25, 0.3) is 0 Å². The van der Waals surface area contributed by atoms with E-state index < -0.39 is 0 Å². The van der Waals surface area contributed by atoms with Crippen molar-refractivity contribution in [1.29, 1.82) is 0 Å². The molecule has 4 rings (SSSR count). The number of nitrogens with one attached hydrogen (secondary N) is 1. The summed E-state index contributed by atoms with van der Waals surface area (Å²) in [7, 11) is 1.66. The second kappa shape index (κ2) is 7.23. The molecule has 0 aliphatic carbocycles. The third-order valence-corrected chi connectivity index (χ3v) is 4.33. The molecule has 0 aliphatic heterocycles. The molecule has 26 heavy (non-hydrogen) atoms. The van der Waals surface area contributed by atoms with Crippen molar-refractivity contribution in [2.24, 2.45) is 0 Å². The summed E-state index contributed by atoms with van der Waals surface area (Å²) in [5.41, 5.74) is 3.15. The zero-order valence-electron chi connectivity index (χ0n) is 14.5. The van der Waals surface area contributed by atoms with Gasteiger partial charge in [-0.15, -0.1) is 5.10 Å². The van der Waals surface area contributed by atoms with Crippen LogP contribution < -0.4 is 10.1 Å². The third-order valence-electron chi connectivity index (χ3n) is 4.33. The van der Waals surface area contributed by atoms with Crippen molar-refractivity contribution in [3.05, 3.63) is 90.1 Å². The van der Waals surface area contributed by atoms with Crippen LogP contribution in [0.4, 0.5) is 11.5 Å². The molecule has 0 radical (unpaired) electrons. The molecule has 4 aromatic rings. The number of aromatic nitrogens is 2. The number of anilines is 2. The zero-order chi connectivity index (χ0) is 17.8. The highest BCUT2D eigenvalue weighted by Crippen LogP contribution is 2.27. The summed E-state index contributed by atoms with van der Waals surface area (Å²) in [6.45, 7) is 0. The lowest BCUT2D eigenvalue weighted by atomic mass is 10.0. The fraction of sp³-hybridized carbons (Fsp3) is 0.0909. The minimum Gasteiger partial charge on any atom is -0.497 e. The van der Waals surface area contributed by atoms with Gasteiger partial charge in [-0.1, -0.05) is 54.6 Å². The van der Waals surface area contributed by atoms with E-state index in [9.17, 15) is 0 Å². The largest absolute Gasteiger partial charge is 0.497 e. The Labute approximate surface area is 152 Å². The van der Waals surface area contributed by atoms with Crippen LogP contribution >= 0.6 is 0 Å². The van der Waals surface area contributed by atoms with Gasteiger partial charge in [0.1, 0.15) is 5.75 Å². The Morgan fingerprint density at radius 2 is 1.46 bits per heavy atom. The molecule has 1 N–H and O–H groups in total. The molecule has 1 heterocycles. The molecule has 3 aromatic carbocycles. The van der Waals surface area contributed by atoms with Gasteiger partial charge in [-0.05, 0) is 29.8 Å². The van der Waals surface area contributed by atoms with Gasteiger partial charge in [-0.25, -0.2) is 0 Å². The number of hydrogen-bond acceptors (Lipinski definition) is 4. The number of methoxy groups -OCH3 is 1. The van der Waals surface area contributed by atoms with Crippen LogP contribution in [0.2, 0.25) is 0 Å². The van der Waals surface area contributed by atoms with Crippen molar-refractivity contribution in [3.63, 3.8) is 0 Å². The van der Waals surface area contributed by atoms with Gasteiger partial charge in [-0.2, -0.15) is 5.10 Å². The number of ether oxygens (including phenoxy) is 1. The fourth-order valence-corrected chi connectivity index (χ4v) is 2.98. The summed E-state index contributed by atoms with van der Waals surface area (Å²) in [4.78, 5) is 0. The van der Waals surface area contributed by atoms with E-state index in [4.69, 9.17) is 4.74 Å². The lowest BCUT2D eigenvalue weighted by molar-refractivity contribution is 0.415. The van der Waals surface area contributed by atoms with Gasteiger partial charge in [0.2, 0.25) is 0 Å². The molecular formula is C22H19N3O. The number of hydrogen-bond donors (Lipinski definition) is 1. The second-order valence-corrected chi connectivity index (χ2v) is 6.06. The third kappa shape index (κ3) is 3.35. The van der Waals surface area contributed by atoms with E-state index in [1.807, 2.05) is 54.6 Å². The molecule has 0 bridgehead atoms. The lowest BCUT2D eigenvalue weighted by Gasteiger charge is -2.11. The first-order valence-corrected chi connectivity index (χ1v) is 8.53. The lowest BCUT2D eigenvalue weighted by Crippen LogP contribution is -2.02. The Morgan fingerprint density at radius 1 is 0.769 bits per heavy atom. The molecule has 4 nitrogen and oxygen atoms in total. The molecule has 4 heteroatoms. The van der Waals surface area contributed by atoms with Crippen molar-refractivity contribution < 1.29 is 4.74 Å². The quantitative estimate of drug-likeness (QED) is 0.556. The van der Waals surface area contributed by atoms with Crippen molar-refractivity contribution in [2.75, 3.05) is 12.4 Å². The fourth-order valence-electron chi connectivity index (χ4n) is 2.98. The van der Waals surface area contributed by atoms with Gasteiger partial charge in [0, 0.05) is 22.9 Å². The molecule has 1 aromatic heterocycles. The zero-order valence-corrected chi connectivity index (χ0v) is 14.5. The molecule has 128 valence electrons. The molecule has 0 fully saturated rings. The first-order chi connectivity index (χ1) is 12.8. The minimum atomic E-state index is 0.752. The predicted octanol–water partition coefficient (Wildman–Crippen LogP) is 4.97. The molecule has 0 aliphatic rings. The molecular weight excluding hydrogens is 322 g/mol. The molecule has 0 unspecified atom stereocenters. The highest BCUT2D eigenvalue weighted by molar-refractivity contribution is 5.94. The predicted molar refractivity (Wildman–Crippen MR) is 105 cm³/mol. The van der Waals surface area contributed by atoms with Crippen molar-refractivity contribution in [3.8, 4) is 5.75 Å². The molecule has 0 atom stereocenters. The number of fused-ring (bicyclic) bond motifs is 1. The van der Waals surface area contributed by atoms with Crippen molar-refractivity contribution >= 4 is 22.3 Å².